The zero-order chi connectivity index (χ0) is 17.0. The van der Waals surface area contributed by atoms with Gasteiger partial charge in [0.25, 0.3) is 5.69 Å². The first-order valence-corrected chi connectivity index (χ1v) is 7.53. The van der Waals surface area contributed by atoms with Gasteiger partial charge in [0.1, 0.15) is 15.2 Å². The van der Waals surface area contributed by atoms with Gasteiger partial charge < -0.3 is 14.6 Å². The van der Waals surface area contributed by atoms with Crippen molar-refractivity contribution in [3.63, 3.8) is 0 Å². The number of hydrogen-bond donors (Lipinski definition) is 1. The molecule has 0 radical (unpaired) electrons. The smallest absolute Gasteiger partial charge is 0.318 e. The first-order chi connectivity index (χ1) is 10.2. The zero-order valence-corrected chi connectivity index (χ0v) is 14.6. The number of aliphatic carboxylic acids is 1. The molecular formula is C12H11Br2NO7. The van der Waals surface area contributed by atoms with E-state index in [1.807, 2.05) is 0 Å². The second-order valence-electron chi connectivity index (χ2n) is 3.99. The van der Waals surface area contributed by atoms with Crippen molar-refractivity contribution in [2.24, 2.45) is 0 Å². The average Bonchev–Trinajstić information content (AvgIpc) is 2.50. The number of carbonyl (C=O) groups excluding carboxylic acids is 1. The van der Waals surface area contributed by atoms with Crippen LogP contribution in [0, 0.1) is 10.1 Å². The summed E-state index contributed by atoms with van der Waals surface area (Å²) < 4.78 is 9.96. The van der Waals surface area contributed by atoms with E-state index < -0.39 is 32.0 Å². The SMILES string of the molecule is COc1cc(C(=O)C(Br)C(Br)C(=O)O)c([N+](=O)[O-])cc1OC. The van der Waals surface area contributed by atoms with Gasteiger partial charge in [0, 0.05) is 6.07 Å². The van der Waals surface area contributed by atoms with Gasteiger partial charge in [0.05, 0.1) is 25.2 Å². The molecule has 120 valence electrons. The maximum atomic E-state index is 12.3. The molecule has 0 aliphatic carbocycles. The Morgan fingerprint density at radius 2 is 1.68 bits per heavy atom. The van der Waals surface area contributed by atoms with Crippen molar-refractivity contribution >= 4 is 49.3 Å². The molecule has 0 heterocycles. The average molecular weight is 441 g/mol. The van der Waals surface area contributed by atoms with Crippen molar-refractivity contribution in [3.05, 3.63) is 27.8 Å². The summed E-state index contributed by atoms with van der Waals surface area (Å²) in [4.78, 5) is 31.2. The van der Waals surface area contributed by atoms with E-state index in [4.69, 9.17) is 14.6 Å². The number of benzene rings is 1. The fourth-order valence-electron chi connectivity index (χ4n) is 1.62. The molecule has 0 fully saturated rings. The molecule has 1 aromatic rings. The van der Waals surface area contributed by atoms with Crippen LogP contribution < -0.4 is 9.47 Å². The van der Waals surface area contributed by atoms with Gasteiger partial charge in [-0.25, -0.2) is 0 Å². The van der Waals surface area contributed by atoms with Crippen LogP contribution in [0.5, 0.6) is 11.5 Å². The monoisotopic (exact) mass is 439 g/mol. The number of alkyl halides is 2. The number of carboxylic acids is 1. The van der Waals surface area contributed by atoms with Gasteiger partial charge in [-0.3, -0.25) is 19.7 Å². The highest BCUT2D eigenvalue weighted by molar-refractivity contribution is 9.12. The third-order valence-corrected chi connectivity index (χ3v) is 5.28. The number of ether oxygens (including phenoxy) is 2. The predicted molar refractivity (Wildman–Crippen MR) is 83.6 cm³/mol. The summed E-state index contributed by atoms with van der Waals surface area (Å²) in [6.45, 7) is 0. The first-order valence-electron chi connectivity index (χ1n) is 5.70. The van der Waals surface area contributed by atoms with E-state index in [1.165, 1.54) is 14.2 Å². The Hall–Kier alpha value is -1.68. The molecule has 0 bridgehead atoms. The van der Waals surface area contributed by atoms with Gasteiger partial charge in [-0.2, -0.15) is 0 Å². The van der Waals surface area contributed by atoms with Crippen LogP contribution in [0.15, 0.2) is 12.1 Å². The number of Topliss-reactive ketones (excluding diaryl/α,β-unsaturated/α-hetero) is 1. The number of ketones is 1. The molecule has 0 saturated heterocycles. The lowest BCUT2D eigenvalue weighted by Gasteiger charge is -2.14. The van der Waals surface area contributed by atoms with E-state index >= 15 is 0 Å². The van der Waals surface area contributed by atoms with Gasteiger partial charge in [-0.1, -0.05) is 31.9 Å². The summed E-state index contributed by atoms with van der Waals surface area (Å²) >= 11 is 5.78. The lowest BCUT2D eigenvalue weighted by atomic mass is 10.0. The molecule has 0 aromatic heterocycles. The van der Waals surface area contributed by atoms with Crippen LogP contribution in [0.3, 0.4) is 0 Å². The van der Waals surface area contributed by atoms with Gasteiger partial charge in [0.2, 0.25) is 0 Å². The molecule has 2 atom stereocenters. The van der Waals surface area contributed by atoms with Crippen LogP contribution in [0.1, 0.15) is 10.4 Å². The fraction of sp³-hybridized carbons (Fsp3) is 0.333. The summed E-state index contributed by atoms with van der Waals surface area (Å²) in [5.41, 5.74) is -0.785. The topological polar surface area (TPSA) is 116 Å². The van der Waals surface area contributed by atoms with Crippen molar-refractivity contribution in [1.82, 2.24) is 0 Å². The van der Waals surface area contributed by atoms with Crippen LogP contribution in [0.4, 0.5) is 5.69 Å². The van der Waals surface area contributed by atoms with Gasteiger partial charge in [-0.15, -0.1) is 0 Å². The largest absolute Gasteiger partial charge is 0.493 e. The summed E-state index contributed by atoms with van der Waals surface area (Å²) in [5, 5.41) is 20.0. The highest BCUT2D eigenvalue weighted by Crippen LogP contribution is 2.36. The minimum atomic E-state index is -1.28. The first kappa shape index (κ1) is 18.4. The van der Waals surface area contributed by atoms with Crippen LogP contribution in [0.2, 0.25) is 0 Å². The van der Waals surface area contributed by atoms with E-state index in [2.05, 4.69) is 31.9 Å². The number of nitro benzene ring substituents is 1. The molecule has 0 aliphatic rings. The van der Waals surface area contributed by atoms with Gasteiger partial charge in [0.15, 0.2) is 17.3 Å². The number of nitrogens with zero attached hydrogens (tertiary/aromatic N) is 1. The van der Waals surface area contributed by atoms with Crippen molar-refractivity contribution in [1.29, 1.82) is 0 Å². The molecule has 0 aliphatic heterocycles. The molecule has 2 unspecified atom stereocenters. The maximum absolute atomic E-state index is 12.3. The van der Waals surface area contributed by atoms with E-state index in [0.29, 0.717) is 0 Å². The lowest BCUT2D eigenvalue weighted by molar-refractivity contribution is -0.385. The number of methoxy groups -OCH3 is 2. The minimum absolute atomic E-state index is 0.0884. The van der Waals surface area contributed by atoms with Crippen molar-refractivity contribution in [2.45, 2.75) is 9.65 Å². The fourth-order valence-corrected chi connectivity index (χ4v) is 2.34. The number of nitro groups is 1. The Bertz CT molecular complexity index is 620. The Labute approximate surface area is 141 Å². The predicted octanol–water partition coefficient (Wildman–Crippen LogP) is 2.41. The van der Waals surface area contributed by atoms with Crippen molar-refractivity contribution in [2.75, 3.05) is 14.2 Å². The molecule has 0 amide bonds. The summed E-state index contributed by atoms with van der Waals surface area (Å²) in [6.07, 6.45) is 0. The van der Waals surface area contributed by atoms with Crippen molar-refractivity contribution < 1.29 is 29.1 Å². The Balaban J connectivity index is 3.41. The second kappa shape index (κ2) is 7.54. The number of halogens is 2. The van der Waals surface area contributed by atoms with E-state index in [9.17, 15) is 19.7 Å². The molecule has 0 spiro atoms. The Morgan fingerprint density at radius 3 is 2.09 bits per heavy atom. The second-order valence-corrected chi connectivity index (χ2v) is 5.96. The van der Waals surface area contributed by atoms with Crippen LogP contribution in [-0.4, -0.2) is 45.7 Å². The third kappa shape index (κ3) is 3.74. The molecule has 1 aromatic carbocycles. The summed E-state index contributed by atoms with van der Waals surface area (Å²) in [5.74, 6) is -1.83. The number of carbonyl (C=O) groups is 2. The molecular weight excluding hydrogens is 430 g/mol. The summed E-state index contributed by atoms with van der Waals surface area (Å²) in [7, 11) is 2.61. The van der Waals surface area contributed by atoms with Crippen LogP contribution in [-0.2, 0) is 4.79 Å². The van der Waals surface area contributed by atoms with Gasteiger partial charge >= 0.3 is 5.97 Å². The highest BCUT2D eigenvalue weighted by atomic mass is 79.9. The number of hydrogen-bond acceptors (Lipinski definition) is 6. The molecule has 22 heavy (non-hydrogen) atoms. The van der Waals surface area contributed by atoms with E-state index in [1.54, 1.807) is 0 Å². The quantitative estimate of drug-likeness (QED) is 0.299. The van der Waals surface area contributed by atoms with E-state index in [-0.39, 0.29) is 17.1 Å². The number of carboxylic acid groups (broad SMARTS) is 1. The molecule has 8 nitrogen and oxygen atoms in total. The number of rotatable bonds is 7. The third-order valence-electron chi connectivity index (χ3n) is 2.71. The Kier molecular flexibility index (Phi) is 6.30. The normalized spacial score (nSPS) is 13.1. The molecule has 10 heteroatoms. The van der Waals surface area contributed by atoms with Crippen LogP contribution >= 0.6 is 31.9 Å². The molecule has 1 N–H and O–H groups in total. The molecule has 0 saturated carbocycles. The lowest BCUT2D eigenvalue weighted by Crippen LogP contribution is -2.31. The van der Waals surface area contributed by atoms with Gasteiger partial charge in [-0.05, 0) is 0 Å². The van der Waals surface area contributed by atoms with Crippen molar-refractivity contribution in [3.8, 4) is 11.5 Å². The molecule has 1 rings (SSSR count). The van der Waals surface area contributed by atoms with Crippen LogP contribution in [0.25, 0.3) is 0 Å². The van der Waals surface area contributed by atoms with E-state index in [0.717, 1.165) is 12.1 Å². The zero-order valence-electron chi connectivity index (χ0n) is 11.4. The minimum Gasteiger partial charge on any atom is -0.493 e. The maximum Gasteiger partial charge on any atom is 0.318 e. The highest BCUT2D eigenvalue weighted by Gasteiger charge is 2.34. The Morgan fingerprint density at radius 1 is 1.18 bits per heavy atom. The summed E-state index contributed by atoms with van der Waals surface area (Å²) in [6, 6.07) is 2.20. The standard InChI is InChI=1S/C12H11Br2NO7/c1-21-7-3-5(6(15(19)20)4-8(7)22-2)11(16)9(13)10(14)12(17)18/h3-4,9-10H,1-2H3,(H,17,18).